The Morgan fingerprint density at radius 3 is 2.75 bits per heavy atom. The molecule has 4 heteroatoms. The first-order valence-electron chi connectivity index (χ1n) is 3.88. The summed E-state index contributed by atoms with van der Waals surface area (Å²) >= 11 is 0. The van der Waals surface area contributed by atoms with Crippen molar-refractivity contribution in [3.05, 3.63) is 11.3 Å². The number of nitrogens with one attached hydrogen (secondary N) is 1. The lowest BCUT2D eigenvalue weighted by Crippen LogP contribution is -2.05. The highest BCUT2D eigenvalue weighted by molar-refractivity contribution is 5.87. The van der Waals surface area contributed by atoms with E-state index in [2.05, 4.69) is 10.5 Å². The van der Waals surface area contributed by atoms with Crippen molar-refractivity contribution in [2.45, 2.75) is 27.2 Å². The zero-order valence-corrected chi connectivity index (χ0v) is 7.47. The van der Waals surface area contributed by atoms with Gasteiger partial charge < -0.3 is 4.52 Å². The van der Waals surface area contributed by atoms with E-state index in [4.69, 9.17) is 4.52 Å². The molecule has 0 unspecified atom stereocenters. The summed E-state index contributed by atoms with van der Waals surface area (Å²) in [4.78, 5) is 10.7. The molecule has 0 fully saturated rings. The number of rotatable bonds is 2. The first-order chi connectivity index (χ1) is 5.65. The number of hydrogen-bond acceptors (Lipinski definition) is 3. The van der Waals surface area contributed by atoms with E-state index in [-0.39, 0.29) is 5.91 Å². The summed E-state index contributed by atoms with van der Waals surface area (Å²) in [5.74, 6) is 0.316. The summed E-state index contributed by atoms with van der Waals surface area (Å²) in [6.07, 6.45) is 0.814. The minimum absolute atomic E-state index is 0.142. The number of nitrogens with zero attached hydrogens (tertiary/aromatic N) is 1. The van der Waals surface area contributed by atoms with E-state index in [0.717, 1.165) is 17.7 Å². The number of carbonyl (C=O) groups is 1. The summed E-state index contributed by atoms with van der Waals surface area (Å²) in [6, 6.07) is 0. The van der Waals surface area contributed by atoms with Gasteiger partial charge in [0.1, 0.15) is 0 Å². The Bertz CT molecular complexity index is 291. The zero-order chi connectivity index (χ0) is 9.14. The zero-order valence-electron chi connectivity index (χ0n) is 7.47. The van der Waals surface area contributed by atoms with Crippen molar-refractivity contribution in [3.63, 3.8) is 0 Å². The molecule has 0 aliphatic rings. The third kappa shape index (κ3) is 1.64. The number of hydrogen-bond donors (Lipinski definition) is 1. The van der Waals surface area contributed by atoms with Gasteiger partial charge in [-0.05, 0) is 13.3 Å². The summed E-state index contributed by atoms with van der Waals surface area (Å²) in [7, 11) is 0. The van der Waals surface area contributed by atoms with Gasteiger partial charge >= 0.3 is 0 Å². The molecule has 0 atom stereocenters. The van der Waals surface area contributed by atoms with Gasteiger partial charge in [-0.3, -0.25) is 10.1 Å². The lowest BCUT2D eigenvalue weighted by molar-refractivity contribution is -0.114. The Hall–Kier alpha value is -1.32. The minimum atomic E-state index is -0.142. The van der Waals surface area contributed by atoms with Gasteiger partial charge in [-0.1, -0.05) is 12.1 Å². The van der Waals surface area contributed by atoms with Crippen LogP contribution < -0.4 is 5.32 Å². The van der Waals surface area contributed by atoms with Crippen LogP contribution in [0.1, 0.15) is 25.1 Å². The molecule has 0 saturated heterocycles. The van der Waals surface area contributed by atoms with E-state index in [9.17, 15) is 4.79 Å². The minimum Gasteiger partial charge on any atom is -0.338 e. The fourth-order valence-electron chi connectivity index (χ4n) is 0.975. The fraction of sp³-hybridized carbons (Fsp3) is 0.500. The van der Waals surface area contributed by atoms with E-state index < -0.39 is 0 Å². The van der Waals surface area contributed by atoms with Gasteiger partial charge in [0.15, 0.2) is 0 Å². The van der Waals surface area contributed by atoms with Crippen molar-refractivity contribution in [2.24, 2.45) is 0 Å². The molecule has 1 amide bonds. The van der Waals surface area contributed by atoms with Crippen LogP contribution in [0.3, 0.4) is 0 Å². The van der Waals surface area contributed by atoms with Gasteiger partial charge in [0.05, 0.1) is 5.69 Å². The van der Waals surface area contributed by atoms with Crippen molar-refractivity contribution in [1.82, 2.24) is 5.16 Å². The smallest absolute Gasteiger partial charge is 0.234 e. The van der Waals surface area contributed by atoms with Gasteiger partial charge in [0.25, 0.3) is 0 Å². The molecule has 0 aromatic carbocycles. The molecule has 0 aliphatic carbocycles. The van der Waals surface area contributed by atoms with Crippen LogP contribution in [0, 0.1) is 6.92 Å². The monoisotopic (exact) mass is 168 g/mol. The van der Waals surface area contributed by atoms with Crippen molar-refractivity contribution < 1.29 is 9.32 Å². The standard InChI is InChI=1S/C8H12N2O2/c1-4-7-5(2)8(12-10-7)9-6(3)11/h4H2,1-3H3,(H,9,11). The predicted molar refractivity (Wildman–Crippen MR) is 44.9 cm³/mol. The van der Waals surface area contributed by atoms with Crippen LogP contribution in [0.2, 0.25) is 0 Å². The first-order valence-corrected chi connectivity index (χ1v) is 3.88. The average molecular weight is 168 g/mol. The van der Waals surface area contributed by atoms with Crippen LogP contribution in [0.5, 0.6) is 0 Å². The Balaban J connectivity index is 2.87. The van der Waals surface area contributed by atoms with Crippen molar-refractivity contribution in [2.75, 3.05) is 5.32 Å². The van der Waals surface area contributed by atoms with E-state index >= 15 is 0 Å². The van der Waals surface area contributed by atoms with Crippen LogP contribution in [0.15, 0.2) is 4.52 Å². The molecule has 0 radical (unpaired) electrons. The quantitative estimate of drug-likeness (QED) is 0.728. The van der Waals surface area contributed by atoms with Crippen molar-refractivity contribution in [3.8, 4) is 0 Å². The Kier molecular flexibility index (Phi) is 2.47. The van der Waals surface area contributed by atoms with Gasteiger partial charge in [-0.15, -0.1) is 0 Å². The average Bonchev–Trinajstić information content (AvgIpc) is 2.32. The molecule has 4 nitrogen and oxygen atoms in total. The third-order valence-electron chi connectivity index (χ3n) is 1.65. The third-order valence-corrected chi connectivity index (χ3v) is 1.65. The van der Waals surface area contributed by atoms with E-state index in [1.54, 1.807) is 0 Å². The number of aryl methyl sites for hydroxylation is 1. The maximum atomic E-state index is 10.7. The summed E-state index contributed by atoms with van der Waals surface area (Å²) in [6.45, 7) is 5.30. The van der Waals surface area contributed by atoms with Crippen LogP contribution in [0.25, 0.3) is 0 Å². The second-order valence-electron chi connectivity index (χ2n) is 2.62. The number of carbonyl (C=O) groups excluding carboxylic acids is 1. The van der Waals surface area contributed by atoms with Crippen molar-refractivity contribution in [1.29, 1.82) is 0 Å². The normalized spacial score (nSPS) is 9.92. The van der Waals surface area contributed by atoms with E-state index in [0.29, 0.717) is 5.88 Å². The van der Waals surface area contributed by atoms with Gasteiger partial charge in [-0.2, -0.15) is 0 Å². The topological polar surface area (TPSA) is 55.1 Å². The maximum absolute atomic E-state index is 10.7. The fourth-order valence-corrected chi connectivity index (χ4v) is 0.975. The van der Waals surface area contributed by atoms with Crippen LogP contribution in [-0.4, -0.2) is 11.1 Å². The molecule has 1 aromatic rings. The molecule has 1 N–H and O–H groups in total. The van der Waals surface area contributed by atoms with Gasteiger partial charge in [0.2, 0.25) is 11.8 Å². The lowest BCUT2D eigenvalue weighted by atomic mass is 10.2. The second kappa shape index (κ2) is 3.38. The molecular weight excluding hydrogens is 156 g/mol. The van der Waals surface area contributed by atoms with E-state index in [1.165, 1.54) is 6.92 Å². The van der Waals surface area contributed by atoms with Gasteiger partial charge in [-0.25, -0.2) is 0 Å². The summed E-state index contributed by atoms with van der Waals surface area (Å²) < 4.78 is 4.92. The maximum Gasteiger partial charge on any atom is 0.234 e. The van der Waals surface area contributed by atoms with Crippen LogP contribution >= 0.6 is 0 Å². The molecule has 0 bridgehead atoms. The number of amides is 1. The largest absolute Gasteiger partial charge is 0.338 e. The summed E-state index contributed by atoms with van der Waals surface area (Å²) in [5.41, 5.74) is 1.80. The predicted octanol–water partition coefficient (Wildman–Crippen LogP) is 1.50. The molecule has 1 rings (SSSR count). The summed E-state index contributed by atoms with van der Waals surface area (Å²) in [5, 5.41) is 6.36. The Labute approximate surface area is 70.9 Å². The van der Waals surface area contributed by atoms with Crippen LogP contribution in [0.4, 0.5) is 5.88 Å². The number of anilines is 1. The van der Waals surface area contributed by atoms with Crippen molar-refractivity contribution >= 4 is 11.8 Å². The molecule has 1 heterocycles. The molecule has 0 saturated carbocycles. The molecule has 12 heavy (non-hydrogen) atoms. The molecule has 1 aromatic heterocycles. The molecular formula is C8H12N2O2. The Morgan fingerprint density at radius 2 is 2.33 bits per heavy atom. The highest BCUT2D eigenvalue weighted by Crippen LogP contribution is 2.18. The highest BCUT2D eigenvalue weighted by Gasteiger charge is 2.10. The van der Waals surface area contributed by atoms with E-state index in [1.807, 2.05) is 13.8 Å². The molecule has 0 aliphatic heterocycles. The SMILES string of the molecule is CCc1noc(NC(C)=O)c1C. The first kappa shape index (κ1) is 8.77. The van der Waals surface area contributed by atoms with Gasteiger partial charge in [0, 0.05) is 12.5 Å². The Morgan fingerprint density at radius 1 is 1.67 bits per heavy atom. The van der Waals surface area contributed by atoms with Crippen LogP contribution in [-0.2, 0) is 11.2 Å². The molecule has 66 valence electrons. The highest BCUT2D eigenvalue weighted by atomic mass is 16.5. The number of aromatic nitrogens is 1. The molecule has 0 spiro atoms. The second-order valence-corrected chi connectivity index (χ2v) is 2.62. The lowest BCUT2D eigenvalue weighted by Gasteiger charge is -1.95.